The van der Waals surface area contributed by atoms with Gasteiger partial charge in [0.2, 0.25) is 0 Å². The highest BCUT2D eigenvalue weighted by molar-refractivity contribution is 6.05. The van der Waals surface area contributed by atoms with Gasteiger partial charge in [-0.25, -0.2) is 0 Å². The predicted octanol–water partition coefficient (Wildman–Crippen LogP) is 1.35. The van der Waals surface area contributed by atoms with Gasteiger partial charge in [-0.3, -0.25) is 14.4 Å². The van der Waals surface area contributed by atoms with Gasteiger partial charge >= 0.3 is 0 Å². The molecule has 94 valence electrons. The summed E-state index contributed by atoms with van der Waals surface area (Å²) >= 11 is 0. The molecule has 2 rings (SSSR count). The molecule has 0 spiro atoms. The first-order chi connectivity index (χ1) is 8.68. The standard InChI is InChI=1S/C14H15NO3/c16-12-7-4-8-13(17)11(12)9-15-14(18)10-5-2-1-3-6-10/h1-3,5-6,11H,4,7-9H2,(H,15,18). The highest BCUT2D eigenvalue weighted by Crippen LogP contribution is 2.16. The molecule has 0 bridgehead atoms. The number of carbonyl (C=O) groups is 3. The first-order valence-electron chi connectivity index (χ1n) is 6.07. The Bertz CT molecular complexity index is 451. The Morgan fingerprint density at radius 1 is 1.11 bits per heavy atom. The van der Waals surface area contributed by atoms with Crippen molar-refractivity contribution in [1.82, 2.24) is 5.32 Å². The monoisotopic (exact) mass is 245 g/mol. The minimum atomic E-state index is -0.647. The van der Waals surface area contributed by atoms with Gasteiger partial charge in [0.15, 0.2) is 0 Å². The van der Waals surface area contributed by atoms with E-state index < -0.39 is 5.92 Å². The maximum absolute atomic E-state index is 11.8. The van der Waals surface area contributed by atoms with Crippen LogP contribution in [-0.4, -0.2) is 24.0 Å². The van der Waals surface area contributed by atoms with Crippen molar-refractivity contribution in [2.75, 3.05) is 6.54 Å². The van der Waals surface area contributed by atoms with Crippen LogP contribution in [0.15, 0.2) is 30.3 Å². The molecule has 1 aliphatic rings. The van der Waals surface area contributed by atoms with Crippen LogP contribution >= 0.6 is 0 Å². The second-order valence-electron chi connectivity index (χ2n) is 4.41. The highest BCUT2D eigenvalue weighted by atomic mass is 16.2. The number of rotatable bonds is 3. The van der Waals surface area contributed by atoms with E-state index in [1.165, 1.54) is 0 Å². The lowest BCUT2D eigenvalue weighted by molar-refractivity contribution is -0.135. The lowest BCUT2D eigenvalue weighted by atomic mass is 9.86. The molecule has 0 radical (unpaired) electrons. The lowest BCUT2D eigenvalue weighted by Crippen LogP contribution is -2.39. The van der Waals surface area contributed by atoms with Crippen molar-refractivity contribution in [3.05, 3.63) is 35.9 Å². The van der Waals surface area contributed by atoms with Crippen molar-refractivity contribution < 1.29 is 14.4 Å². The van der Waals surface area contributed by atoms with Crippen molar-refractivity contribution >= 4 is 17.5 Å². The van der Waals surface area contributed by atoms with Gasteiger partial charge in [0.1, 0.15) is 11.6 Å². The first kappa shape index (κ1) is 12.5. The predicted molar refractivity (Wildman–Crippen MR) is 66.1 cm³/mol. The summed E-state index contributed by atoms with van der Waals surface area (Å²) in [4.78, 5) is 34.9. The van der Waals surface area contributed by atoms with Crippen LogP contribution in [0.5, 0.6) is 0 Å². The molecular formula is C14H15NO3. The van der Waals surface area contributed by atoms with Crippen molar-refractivity contribution in [2.24, 2.45) is 5.92 Å². The zero-order chi connectivity index (χ0) is 13.0. The van der Waals surface area contributed by atoms with Crippen LogP contribution in [0.1, 0.15) is 29.6 Å². The fraction of sp³-hybridized carbons (Fsp3) is 0.357. The third kappa shape index (κ3) is 2.83. The Morgan fingerprint density at radius 3 is 2.33 bits per heavy atom. The van der Waals surface area contributed by atoms with E-state index in [1.54, 1.807) is 24.3 Å². The largest absolute Gasteiger partial charge is 0.351 e. The van der Waals surface area contributed by atoms with E-state index >= 15 is 0 Å². The molecule has 4 heteroatoms. The summed E-state index contributed by atoms with van der Waals surface area (Å²) in [6.07, 6.45) is 1.52. The molecule has 1 amide bonds. The maximum atomic E-state index is 11.8. The van der Waals surface area contributed by atoms with Crippen LogP contribution in [0.3, 0.4) is 0 Å². The third-order valence-corrected chi connectivity index (χ3v) is 3.13. The Balaban J connectivity index is 1.93. The van der Waals surface area contributed by atoms with Crippen molar-refractivity contribution in [2.45, 2.75) is 19.3 Å². The smallest absolute Gasteiger partial charge is 0.251 e. The molecule has 1 aromatic rings. The first-order valence-corrected chi connectivity index (χ1v) is 6.07. The minimum Gasteiger partial charge on any atom is -0.351 e. The molecule has 1 fully saturated rings. The quantitative estimate of drug-likeness (QED) is 0.818. The van der Waals surface area contributed by atoms with E-state index in [2.05, 4.69) is 5.32 Å². The van der Waals surface area contributed by atoms with E-state index in [1.807, 2.05) is 6.07 Å². The van der Waals surface area contributed by atoms with E-state index in [0.717, 1.165) is 0 Å². The van der Waals surface area contributed by atoms with E-state index in [-0.39, 0.29) is 24.0 Å². The number of ketones is 2. The summed E-state index contributed by atoms with van der Waals surface area (Å²) in [5, 5.41) is 2.65. The number of carbonyl (C=O) groups excluding carboxylic acids is 3. The number of hydrogen-bond donors (Lipinski definition) is 1. The van der Waals surface area contributed by atoms with Crippen LogP contribution in [0.2, 0.25) is 0 Å². The fourth-order valence-electron chi connectivity index (χ4n) is 2.08. The fourth-order valence-corrected chi connectivity index (χ4v) is 2.08. The third-order valence-electron chi connectivity index (χ3n) is 3.13. The Hall–Kier alpha value is -1.97. The van der Waals surface area contributed by atoms with Gasteiger partial charge in [-0.1, -0.05) is 18.2 Å². The van der Waals surface area contributed by atoms with Crippen LogP contribution in [-0.2, 0) is 9.59 Å². The van der Waals surface area contributed by atoms with Gasteiger partial charge in [0.25, 0.3) is 5.91 Å². The molecule has 1 N–H and O–H groups in total. The molecule has 4 nitrogen and oxygen atoms in total. The molecule has 1 aromatic carbocycles. The van der Waals surface area contributed by atoms with Crippen LogP contribution < -0.4 is 5.32 Å². The Kier molecular flexibility index (Phi) is 3.87. The SMILES string of the molecule is O=C(NCC1C(=O)CCCC1=O)c1ccccc1. The molecule has 0 saturated heterocycles. The van der Waals surface area contributed by atoms with Crippen LogP contribution in [0, 0.1) is 5.92 Å². The minimum absolute atomic E-state index is 0.0559. The molecule has 1 saturated carbocycles. The van der Waals surface area contributed by atoms with Crippen molar-refractivity contribution in [1.29, 1.82) is 0 Å². The van der Waals surface area contributed by atoms with Crippen LogP contribution in [0.25, 0.3) is 0 Å². The number of amides is 1. The second-order valence-corrected chi connectivity index (χ2v) is 4.41. The summed E-state index contributed by atoms with van der Waals surface area (Å²) in [6.45, 7) is 0.116. The number of hydrogen-bond acceptors (Lipinski definition) is 3. The highest BCUT2D eigenvalue weighted by Gasteiger charge is 2.29. The van der Waals surface area contributed by atoms with Gasteiger partial charge in [-0.05, 0) is 18.6 Å². The van der Waals surface area contributed by atoms with Gasteiger partial charge in [0, 0.05) is 24.9 Å². The second kappa shape index (κ2) is 5.58. The van der Waals surface area contributed by atoms with Gasteiger partial charge < -0.3 is 5.32 Å². The summed E-state index contributed by atoms with van der Waals surface area (Å²) in [7, 11) is 0. The Morgan fingerprint density at radius 2 is 1.72 bits per heavy atom. The molecule has 0 aliphatic heterocycles. The summed E-state index contributed by atoms with van der Waals surface area (Å²) in [5.41, 5.74) is 0.535. The average Bonchev–Trinajstić information content (AvgIpc) is 2.39. The zero-order valence-electron chi connectivity index (χ0n) is 10.0. The topological polar surface area (TPSA) is 63.2 Å². The number of Topliss-reactive ketones (excluding diaryl/α,β-unsaturated/α-hetero) is 2. The van der Waals surface area contributed by atoms with E-state index in [4.69, 9.17) is 0 Å². The molecular weight excluding hydrogens is 230 g/mol. The molecule has 0 atom stereocenters. The van der Waals surface area contributed by atoms with Crippen LogP contribution in [0.4, 0.5) is 0 Å². The van der Waals surface area contributed by atoms with Crippen molar-refractivity contribution in [3.8, 4) is 0 Å². The summed E-state index contributed by atoms with van der Waals surface area (Å²) < 4.78 is 0. The number of benzene rings is 1. The zero-order valence-corrected chi connectivity index (χ0v) is 10.0. The van der Waals surface area contributed by atoms with Gasteiger partial charge in [0.05, 0.1) is 5.92 Å². The lowest BCUT2D eigenvalue weighted by Gasteiger charge is -2.19. The molecule has 18 heavy (non-hydrogen) atoms. The van der Waals surface area contributed by atoms with Crippen molar-refractivity contribution in [3.63, 3.8) is 0 Å². The average molecular weight is 245 g/mol. The molecule has 0 unspecified atom stereocenters. The maximum Gasteiger partial charge on any atom is 0.251 e. The normalized spacial score (nSPS) is 16.7. The summed E-state index contributed by atoms with van der Waals surface area (Å²) in [6, 6.07) is 8.75. The summed E-state index contributed by atoms with van der Waals surface area (Å²) in [5.74, 6) is -1.01. The van der Waals surface area contributed by atoms with E-state index in [9.17, 15) is 14.4 Å². The van der Waals surface area contributed by atoms with Gasteiger partial charge in [-0.15, -0.1) is 0 Å². The Labute approximate surface area is 105 Å². The number of nitrogens with one attached hydrogen (secondary N) is 1. The van der Waals surface area contributed by atoms with E-state index in [0.29, 0.717) is 24.8 Å². The molecule has 1 aliphatic carbocycles. The van der Waals surface area contributed by atoms with Gasteiger partial charge in [-0.2, -0.15) is 0 Å². The molecule has 0 aromatic heterocycles. The molecule has 0 heterocycles.